The molecule has 7 heteroatoms. The highest BCUT2D eigenvalue weighted by molar-refractivity contribution is 6.01. The maximum absolute atomic E-state index is 13.2. The Morgan fingerprint density at radius 1 is 0.963 bits per heavy atom. The number of urea groups is 1. The second kappa shape index (κ2) is 6.45. The third-order valence-corrected chi connectivity index (χ3v) is 4.27. The fraction of sp³-hybridized carbons (Fsp3) is 0. The van der Waals surface area contributed by atoms with Gasteiger partial charge in [-0.15, -0.1) is 0 Å². The molecule has 4 N–H and O–H groups in total. The van der Waals surface area contributed by atoms with E-state index in [1.165, 1.54) is 29.2 Å². The van der Waals surface area contributed by atoms with Gasteiger partial charge < -0.3 is 16.0 Å². The number of amides is 2. The monoisotopic (exact) mass is 362 g/mol. The Kier molecular flexibility index (Phi) is 3.97. The number of carbonyl (C=O) groups excluding carboxylic acids is 1. The zero-order chi connectivity index (χ0) is 19.0. The molecule has 27 heavy (non-hydrogen) atoms. The molecule has 0 aliphatic carbocycles. The van der Waals surface area contributed by atoms with Gasteiger partial charge in [-0.25, -0.2) is 9.18 Å². The van der Waals surface area contributed by atoms with Crippen molar-refractivity contribution in [1.82, 2.24) is 5.16 Å². The molecule has 0 unspecified atom stereocenters. The summed E-state index contributed by atoms with van der Waals surface area (Å²) in [7, 11) is 0. The van der Waals surface area contributed by atoms with Crippen molar-refractivity contribution in [1.29, 1.82) is 0 Å². The lowest BCUT2D eigenvalue weighted by atomic mass is 10.0. The van der Waals surface area contributed by atoms with E-state index in [-0.39, 0.29) is 0 Å². The van der Waals surface area contributed by atoms with Crippen molar-refractivity contribution in [3.63, 3.8) is 0 Å². The molecular formula is C20H15FN4O2. The summed E-state index contributed by atoms with van der Waals surface area (Å²) in [5.41, 5.74) is 14.8. The maximum Gasteiger partial charge on any atom is 0.323 e. The molecule has 3 aromatic carbocycles. The van der Waals surface area contributed by atoms with E-state index in [0.29, 0.717) is 22.8 Å². The van der Waals surface area contributed by atoms with Gasteiger partial charge in [-0.3, -0.25) is 4.90 Å². The number of rotatable bonds is 3. The first-order chi connectivity index (χ1) is 13.0. The minimum absolute atomic E-state index is 0.315. The van der Waals surface area contributed by atoms with Crippen LogP contribution in [0.4, 0.5) is 26.4 Å². The number of nitrogen functional groups attached to an aromatic ring is 1. The number of anilines is 3. The summed E-state index contributed by atoms with van der Waals surface area (Å²) >= 11 is 0. The summed E-state index contributed by atoms with van der Waals surface area (Å²) in [5.74, 6) is -0.0762. The number of fused-ring (bicyclic) bond motifs is 1. The Morgan fingerprint density at radius 2 is 1.59 bits per heavy atom. The average molecular weight is 362 g/mol. The minimum Gasteiger partial charge on any atom is -0.380 e. The van der Waals surface area contributed by atoms with E-state index in [4.69, 9.17) is 16.0 Å². The molecule has 0 aliphatic heterocycles. The summed E-state index contributed by atoms with van der Waals surface area (Å²) in [6.07, 6.45) is 0. The number of hydrogen-bond acceptors (Lipinski definition) is 4. The Morgan fingerprint density at radius 3 is 2.22 bits per heavy atom. The van der Waals surface area contributed by atoms with Crippen LogP contribution in [-0.4, -0.2) is 11.2 Å². The molecule has 0 saturated heterocycles. The molecule has 0 atom stereocenters. The number of halogens is 1. The number of hydrogen-bond donors (Lipinski definition) is 2. The van der Waals surface area contributed by atoms with Crippen LogP contribution in [0.2, 0.25) is 0 Å². The van der Waals surface area contributed by atoms with Crippen molar-refractivity contribution >= 4 is 34.2 Å². The van der Waals surface area contributed by atoms with Gasteiger partial charge in [0.2, 0.25) is 0 Å². The fourth-order valence-electron chi connectivity index (χ4n) is 3.04. The van der Waals surface area contributed by atoms with Crippen LogP contribution in [0.25, 0.3) is 22.1 Å². The SMILES string of the molecule is NC(=O)N(c1ccc(F)cc1)c1ccc(-c2cccc3onc(N)c23)cc1. The lowest BCUT2D eigenvalue weighted by molar-refractivity contribution is 0.256. The second-order valence-electron chi connectivity index (χ2n) is 5.94. The topological polar surface area (TPSA) is 98.4 Å². The Hall–Kier alpha value is -3.87. The van der Waals surface area contributed by atoms with E-state index < -0.39 is 11.8 Å². The van der Waals surface area contributed by atoms with Gasteiger partial charge in [0.05, 0.1) is 16.8 Å². The molecule has 134 valence electrons. The molecule has 0 saturated carbocycles. The van der Waals surface area contributed by atoms with Crippen molar-refractivity contribution in [3.8, 4) is 11.1 Å². The standard InChI is InChI=1S/C20H15FN4O2/c21-13-6-10-15(11-7-13)25(20(23)26)14-8-4-12(5-9-14)16-2-1-3-17-18(16)19(22)24-27-17/h1-11H,(H2,22,24)(H2,23,26). The second-order valence-corrected chi connectivity index (χ2v) is 5.94. The highest BCUT2D eigenvalue weighted by Crippen LogP contribution is 2.34. The number of primary amides is 1. The van der Waals surface area contributed by atoms with Crippen LogP contribution >= 0.6 is 0 Å². The number of nitrogens with zero attached hydrogens (tertiary/aromatic N) is 2. The molecule has 1 aromatic heterocycles. The third-order valence-electron chi connectivity index (χ3n) is 4.27. The Balaban J connectivity index is 1.75. The van der Waals surface area contributed by atoms with Gasteiger partial charge in [-0.1, -0.05) is 29.4 Å². The van der Waals surface area contributed by atoms with Crippen LogP contribution in [0, 0.1) is 5.82 Å². The van der Waals surface area contributed by atoms with Crippen LogP contribution in [0.5, 0.6) is 0 Å². The van der Waals surface area contributed by atoms with Gasteiger partial charge in [0.1, 0.15) is 5.82 Å². The Bertz CT molecular complexity index is 1120. The summed E-state index contributed by atoms with van der Waals surface area (Å²) < 4.78 is 18.4. The van der Waals surface area contributed by atoms with Gasteiger partial charge in [0, 0.05) is 0 Å². The molecule has 1 heterocycles. The normalized spacial score (nSPS) is 10.9. The number of nitrogens with two attached hydrogens (primary N) is 2. The number of aromatic nitrogens is 1. The molecule has 0 spiro atoms. The largest absolute Gasteiger partial charge is 0.380 e. The third kappa shape index (κ3) is 2.95. The number of carbonyl (C=O) groups is 1. The predicted octanol–water partition coefficient (Wildman–Crippen LogP) is 4.43. The molecule has 0 aliphatic rings. The number of benzene rings is 3. The van der Waals surface area contributed by atoms with Crippen LogP contribution < -0.4 is 16.4 Å². The molecule has 0 fully saturated rings. The molecule has 0 bridgehead atoms. The average Bonchev–Trinajstić information content (AvgIpc) is 3.05. The lowest BCUT2D eigenvalue weighted by Crippen LogP contribution is -2.31. The molecular weight excluding hydrogens is 347 g/mol. The van der Waals surface area contributed by atoms with E-state index in [2.05, 4.69) is 5.16 Å². The van der Waals surface area contributed by atoms with Crippen LogP contribution in [0.3, 0.4) is 0 Å². The molecule has 4 aromatic rings. The van der Waals surface area contributed by atoms with E-state index in [1.54, 1.807) is 18.2 Å². The van der Waals surface area contributed by atoms with Crippen LogP contribution in [0.1, 0.15) is 0 Å². The zero-order valence-electron chi connectivity index (χ0n) is 14.1. The van der Waals surface area contributed by atoms with Crippen molar-refractivity contribution in [2.24, 2.45) is 5.73 Å². The van der Waals surface area contributed by atoms with Crippen molar-refractivity contribution in [3.05, 3.63) is 72.5 Å². The van der Waals surface area contributed by atoms with E-state index >= 15 is 0 Å². The summed E-state index contributed by atoms with van der Waals surface area (Å²) in [5, 5.41) is 4.53. The van der Waals surface area contributed by atoms with E-state index in [9.17, 15) is 9.18 Å². The quantitative estimate of drug-likeness (QED) is 0.563. The van der Waals surface area contributed by atoms with Crippen molar-refractivity contribution < 1.29 is 13.7 Å². The fourth-order valence-corrected chi connectivity index (χ4v) is 3.04. The highest BCUT2D eigenvalue weighted by Gasteiger charge is 2.16. The van der Waals surface area contributed by atoms with Crippen LogP contribution in [0.15, 0.2) is 71.3 Å². The van der Waals surface area contributed by atoms with E-state index in [1.807, 2.05) is 24.3 Å². The summed E-state index contributed by atoms with van der Waals surface area (Å²) in [6.45, 7) is 0. The molecule has 0 radical (unpaired) electrons. The molecule has 2 amide bonds. The van der Waals surface area contributed by atoms with Gasteiger partial charge in [0.15, 0.2) is 11.4 Å². The zero-order valence-corrected chi connectivity index (χ0v) is 14.1. The smallest absolute Gasteiger partial charge is 0.323 e. The van der Waals surface area contributed by atoms with Gasteiger partial charge in [0.25, 0.3) is 0 Å². The first-order valence-electron chi connectivity index (χ1n) is 8.14. The predicted molar refractivity (Wildman–Crippen MR) is 102 cm³/mol. The van der Waals surface area contributed by atoms with Gasteiger partial charge in [-0.05, 0) is 53.6 Å². The van der Waals surface area contributed by atoms with Crippen molar-refractivity contribution in [2.45, 2.75) is 0 Å². The van der Waals surface area contributed by atoms with Crippen LogP contribution in [-0.2, 0) is 0 Å². The van der Waals surface area contributed by atoms with E-state index in [0.717, 1.165) is 16.5 Å². The summed E-state index contributed by atoms with van der Waals surface area (Å²) in [6, 6.07) is 17.6. The highest BCUT2D eigenvalue weighted by atomic mass is 19.1. The first kappa shape index (κ1) is 16.6. The molecule has 4 rings (SSSR count). The van der Waals surface area contributed by atoms with Gasteiger partial charge >= 0.3 is 6.03 Å². The minimum atomic E-state index is -0.667. The lowest BCUT2D eigenvalue weighted by Gasteiger charge is -2.21. The Labute approximate surface area is 153 Å². The molecule has 6 nitrogen and oxygen atoms in total. The first-order valence-corrected chi connectivity index (χ1v) is 8.14. The van der Waals surface area contributed by atoms with Gasteiger partial charge in [-0.2, -0.15) is 0 Å². The summed E-state index contributed by atoms with van der Waals surface area (Å²) in [4.78, 5) is 13.2. The maximum atomic E-state index is 13.2. The van der Waals surface area contributed by atoms with Crippen molar-refractivity contribution in [2.75, 3.05) is 10.6 Å².